The Bertz CT molecular complexity index is 2040. The van der Waals surface area contributed by atoms with Gasteiger partial charge >= 0.3 is 0 Å². The van der Waals surface area contributed by atoms with E-state index in [4.69, 9.17) is 19.4 Å². The quantitative estimate of drug-likeness (QED) is 0.342. The zero-order valence-corrected chi connectivity index (χ0v) is 29.7. The smallest absolute Gasteiger partial charge is 0.259 e. The van der Waals surface area contributed by atoms with Crippen LogP contribution in [-0.4, -0.2) is 78.6 Å². The molecule has 3 saturated carbocycles. The van der Waals surface area contributed by atoms with Crippen molar-refractivity contribution in [3.8, 4) is 23.0 Å². The Hall–Kier alpha value is -4.59. The monoisotopic (exact) mass is 719 g/mol. The molecule has 2 N–H and O–H groups in total. The molecule has 14 heteroatoms. The number of methoxy groups -OCH3 is 1. The first-order valence-corrected chi connectivity index (χ1v) is 19.0. The van der Waals surface area contributed by atoms with Crippen molar-refractivity contribution in [1.29, 1.82) is 0 Å². The van der Waals surface area contributed by atoms with Gasteiger partial charge in [-0.3, -0.25) is 19.1 Å². The SMILES string of the molecule is COc1ccc2c(OC3CC4C(=O)NC5(C(=O)NS(=O)(=O)C6CC6)CC5/C=C\CCCCN(C)C(=O)C4C3)nc(-c3cccc(F)c3)nc2c1C. The summed E-state index contributed by atoms with van der Waals surface area (Å²) in [6, 6.07) is 9.49. The lowest BCUT2D eigenvalue weighted by atomic mass is 9.93. The Kier molecular flexibility index (Phi) is 9.23. The van der Waals surface area contributed by atoms with E-state index in [9.17, 15) is 27.2 Å². The van der Waals surface area contributed by atoms with Gasteiger partial charge in [-0.05, 0) is 82.6 Å². The van der Waals surface area contributed by atoms with E-state index in [2.05, 4.69) is 10.0 Å². The van der Waals surface area contributed by atoms with E-state index in [0.29, 0.717) is 41.6 Å². The highest BCUT2D eigenvalue weighted by Crippen LogP contribution is 2.47. The molecule has 3 aromatic rings. The third-order valence-electron chi connectivity index (χ3n) is 10.6. The normalized spacial score (nSPS) is 27.5. The van der Waals surface area contributed by atoms with E-state index in [-0.39, 0.29) is 42.8 Å². The zero-order valence-electron chi connectivity index (χ0n) is 28.9. The fourth-order valence-electron chi connectivity index (χ4n) is 7.40. The third-order valence-corrected chi connectivity index (χ3v) is 12.4. The lowest BCUT2D eigenvalue weighted by Gasteiger charge is -2.26. The molecule has 3 fully saturated rings. The van der Waals surface area contributed by atoms with E-state index in [1.54, 1.807) is 43.3 Å². The van der Waals surface area contributed by atoms with Gasteiger partial charge < -0.3 is 19.7 Å². The molecular weight excluding hydrogens is 678 g/mol. The standard InChI is InChI=1S/C37H42FN5O7S/c1-21-30(49-3)15-14-27-31(21)39-32(22-9-8-11-24(38)17-22)40-34(27)50-25-18-28-29(19-25)35(45)43(2)16-7-5-4-6-10-23-20-37(23,41-33(28)44)36(46)42-51(47,48)26-12-13-26/h6,8-11,14-15,17,23,25-26,28-29H,4-5,7,12-13,16,18-20H2,1-3H3,(H,41,44)(H,42,46)/b10-6-. The van der Waals surface area contributed by atoms with Crippen molar-refractivity contribution in [1.82, 2.24) is 24.9 Å². The number of amides is 3. The Balaban J connectivity index is 1.21. The van der Waals surface area contributed by atoms with E-state index < -0.39 is 56.4 Å². The summed E-state index contributed by atoms with van der Waals surface area (Å²) in [5.74, 6) is -2.85. The zero-order chi connectivity index (χ0) is 36.1. The molecule has 5 atom stereocenters. The number of nitrogens with one attached hydrogen (secondary N) is 2. The first kappa shape index (κ1) is 34.8. The van der Waals surface area contributed by atoms with Crippen LogP contribution in [0.15, 0.2) is 48.6 Å². The van der Waals surface area contributed by atoms with Crippen LogP contribution in [-0.2, 0) is 24.4 Å². The molecule has 12 nitrogen and oxygen atoms in total. The molecule has 0 spiro atoms. The number of aromatic nitrogens is 2. The van der Waals surface area contributed by atoms with Gasteiger partial charge in [0.05, 0.1) is 35.1 Å². The summed E-state index contributed by atoms with van der Waals surface area (Å²) in [6.07, 6.45) is 7.09. The van der Waals surface area contributed by atoms with Crippen molar-refractivity contribution < 1.29 is 36.7 Å². The Labute approximate surface area is 296 Å². The largest absolute Gasteiger partial charge is 0.496 e. The van der Waals surface area contributed by atoms with Crippen molar-refractivity contribution in [2.45, 2.75) is 75.2 Å². The molecule has 0 saturated heterocycles. The average molecular weight is 720 g/mol. The number of sulfonamides is 1. The molecule has 2 heterocycles. The Morgan fingerprint density at radius 3 is 2.63 bits per heavy atom. The molecule has 1 aliphatic heterocycles. The van der Waals surface area contributed by atoms with Gasteiger partial charge in [0.2, 0.25) is 27.7 Å². The van der Waals surface area contributed by atoms with Crippen LogP contribution in [0.4, 0.5) is 4.39 Å². The van der Waals surface area contributed by atoms with E-state index in [1.807, 2.05) is 19.1 Å². The number of benzene rings is 2. The predicted molar refractivity (Wildman–Crippen MR) is 187 cm³/mol. The van der Waals surface area contributed by atoms with Crippen molar-refractivity contribution in [3.05, 3.63) is 59.9 Å². The summed E-state index contributed by atoms with van der Waals surface area (Å²) in [4.78, 5) is 52.8. The fourth-order valence-corrected chi connectivity index (χ4v) is 8.77. The third kappa shape index (κ3) is 6.89. The van der Waals surface area contributed by atoms with Crippen LogP contribution in [0.3, 0.4) is 0 Å². The summed E-state index contributed by atoms with van der Waals surface area (Å²) in [5, 5.41) is 2.89. The first-order chi connectivity index (χ1) is 24.4. The number of allylic oxidation sites excluding steroid dienone is 1. The number of hydrogen-bond donors (Lipinski definition) is 2. The Morgan fingerprint density at radius 2 is 1.88 bits per heavy atom. The maximum Gasteiger partial charge on any atom is 0.259 e. The lowest BCUT2D eigenvalue weighted by Crippen LogP contribution is -2.54. The van der Waals surface area contributed by atoms with Crippen molar-refractivity contribution >= 4 is 38.6 Å². The van der Waals surface area contributed by atoms with Gasteiger partial charge in [-0.25, -0.2) is 17.8 Å². The van der Waals surface area contributed by atoms with E-state index >= 15 is 0 Å². The highest BCUT2D eigenvalue weighted by Gasteiger charge is 2.62. The molecule has 7 rings (SSSR count). The van der Waals surface area contributed by atoms with Crippen LogP contribution in [0.5, 0.6) is 11.6 Å². The molecule has 270 valence electrons. The minimum absolute atomic E-state index is 0.143. The lowest BCUT2D eigenvalue weighted by molar-refractivity contribution is -0.140. The van der Waals surface area contributed by atoms with Crippen LogP contribution in [0, 0.1) is 30.5 Å². The number of carbonyl (C=O) groups excluding carboxylic acids is 3. The number of carbonyl (C=O) groups is 3. The van der Waals surface area contributed by atoms with Crippen LogP contribution in [0.2, 0.25) is 0 Å². The maximum atomic E-state index is 14.3. The van der Waals surface area contributed by atoms with E-state index in [1.165, 1.54) is 12.1 Å². The van der Waals surface area contributed by atoms with Gasteiger partial charge in [-0.2, -0.15) is 4.98 Å². The molecule has 3 aliphatic carbocycles. The molecule has 0 radical (unpaired) electrons. The summed E-state index contributed by atoms with van der Waals surface area (Å²) in [7, 11) is -0.569. The summed E-state index contributed by atoms with van der Waals surface area (Å²) >= 11 is 0. The second-order valence-corrected chi connectivity index (χ2v) is 16.2. The predicted octanol–water partition coefficient (Wildman–Crippen LogP) is 4.21. The Morgan fingerprint density at radius 1 is 1.10 bits per heavy atom. The number of hydrogen-bond acceptors (Lipinski definition) is 9. The molecule has 0 bridgehead atoms. The van der Waals surface area contributed by atoms with Gasteiger partial charge in [0.25, 0.3) is 5.91 Å². The number of aryl methyl sites for hydroxylation is 1. The van der Waals surface area contributed by atoms with Gasteiger partial charge in [0, 0.05) is 30.6 Å². The van der Waals surface area contributed by atoms with E-state index in [0.717, 1.165) is 24.8 Å². The number of fused-ring (bicyclic) bond motifs is 3. The summed E-state index contributed by atoms with van der Waals surface area (Å²) < 4.78 is 54.1. The molecule has 1 aromatic heterocycles. The van der Waals surface area contributed by atoms with Crippen molar-refractivity contribution in [3.63, 3.8) is 0 Å². The highest BCUT2D eigenvalue weighted by atomic mass is 32.2. The number of ether oxygens (including phenoxy) is 2. The summed E-state index contributed by atoms with van der Waals surface area (Å²) in [6.45, 7) is 2.37. The molecule has 2 aromatic carbocycles. The van der Waals surface area contributed by atoms with Crippen molar-refractivity contribution in [2.75, 3.05) is 20.7 Å². The average Bonchev–Trinajstić information content (AvgIpc) is 4.03. The number of halogens is 1. The van der Waals surface area contributed by atoms with Crippen molar-refractivity contribution in [2.24, 2.45) is 17.8 Å². The topological polar surface area (TPSA) is 157 Å². The van der Waals surface area contributed by atoms with Gasteiger partial charge in [-0.15, -0.1) is 0 Å². The molecule has 3 amide bonds. The first-order valence-electron chi connectivity index (χ1n) is 17.5. The van der Waals surface area contributed by atoms with Gasteiger partial charge in [0.15, 0.2) is 5.82 Å². The van der Waals surface area contributed by atoms with Crippen LogP contribution in [0.25, 0.3) is 22.3 Å². The molecule has 4 aliphatic rings. The van der Waals surface area contributed by atoms with Crippen LogP contribution < -0.4 is 19.5 Å². The number of nitrogens with zero attached hydrogens (tertiary/aromatic N) is 3. The van der Waals surface area contributed by atoms with Gasteiger partial charge in [-0.1, -0.05) is 24.3 Å². The molecular formula is C37H42FN5O7S. The number of rotatable bonds is 7. The maximum absolute atomic E-state index is 14.3. The molecule has 5 unspecified atom stereocenters. The van der Waals surface area contributed by atoms with Crippen LogP contribution in [0.1, 0.15) is 56.9 Å². The second-order valence-electron chi connectivity index (χ2n) is 14.2. The minimum atomic E-state index is -3.85. The fraction of sp³-hybridized carbons (Fsp3) is 0.486. The van der Waals surface area contributed by atoms with Crippen LogP contribution >= 0.6 is 0 Å². The molecule has 51 heavy (non-hydrogen) atoms. The highest BCUT2D eigenvalue weighted by molar-refractivity contribution is 7.91. The summed E-state index contributed by atoms with van der Waals surface area (Å²) in [5.41, 5.74) is 0.291. The second kappa shape index (κ2) is 13.5. The minimum Gasteiger partial charge on any atom is -0.496 e. The van der Waals surface area contributed by atoms with Gasteiger partial charge in [0.1, 0.15) is 23.2 Å².